The monoisotopic (exact) mass is 367 g/mol. The summed E-state index contributed by atoms with van der Waals surface area (Å²) in [7, 11) is 1.73. The predicted molar refractivity (Wildman–Crippen MR) is 94.4 cm³/mol. The lowest BCUT2D eigenvalue weighted by molar-refractivity contribution is -0.134. The van der Waals surface area contributed by atoms with Gasteiger partial charge >= 0.3 is 0 Å². The Bertz CT molecular complexity index is 874. The molecule has 0 bridgehead atoms. The minimum absolute atomic E-state index is 0.110. The molecule has 27 heavy (non-hydrogen) atoms. The van der Waals surface area contributed by atoms with Gasteiger partial charge in [0, 0.05) is 19.4 Å². The first-order valence-electron chi connectivity index (χ1n) is 9.04. The molecule has 2 aromatic heterocycles. The van der Waals surface area contributed by atoms with Gasteiger partial charge in [-0.15, -0.1) is 5.10 Å². The Hall–Kier alpha value is -3.10. The Balaban J connectivity index is 1.47. The first-order chi connectivity index (χ1) is 13.2. The molecule has 2 heterocycles. The van der Waals surface area contributed by atoms with E-state index in [2.05, 4.69) is 25.7 Å². The zero-order chi connectivity index (χ0) is 18.6. The van der Waals surface area contributed by atoms with Crippen LogP contribution in [0.25, 0.3) is 0 Å². The first kappa shape index (κ1) is 17.3. The number of hydrogen-bond donors (Lipinski definition) is 0. The topological polar surface area (TPSA) is 103 Å². The summed E-state index contributed by atoms with van der Waals surface area (Å²) in [5.74, 6) is 1.46. The van der Waals surface area contributed by atoms with E-state index in [-0.39, 0.29) is 12.5 Å². The summed E-state index contributed by atoms with van der Waals surface area (Å²) in [5, 5.41) is 15.3. The smallest absolute Gasteiger partial charge is 0.248 e. The molecule has 4 rings (SSSR count). The van der Waals surface area contributed by atoms with Gasteiger partial charge in [0.05, 0.1) is 6.54 Å². The molecule has 9 heteroatoms. The van der Waals surface area contributed by atoms with Crippen LogP contribution in [-0.2, 0) is 17.8 Å². The average molecular weight is 367 g/mol. The third-order valence-electron chi connectivity index (χ3n) is 4.93. The summed E-state index contributed by atoms with van der Waals surface area (Å²) in [6, 6.07) is 9.26. The molecule has 1 aliphatic rings. The number of carbonyl (C=O) groups excluding carboxylic acids is 1. The van der Waals surface area contributed by atoms with E-state index >= 15 is 0 Å². The van der Waals surface area contributed by atoms with Gasteiger partial charge in [-0.25, -0.2) is 4.68 Å². The van der Waals surface area contributed by atoms with Crippen molar-refractivity contribution in [3.63, 3.8) is 0 Å². The van der Waals surface area contributed by atoms with Gasteiger partial charge in [0.2, 0.25) is 11.8 Å². The number of carbonyl (C=O) groups is 1. The standard InChI is InChI=1S/C18H21N7O2/c1-24(11-16-20-17(27-21-16)14-8-5-9-14)18(26)15(25-12-19-22-23-25)10-13-6-3-2-4-7-13/h2-4,6-7,12,14-15H,5,8-11H2,1H3/t15-/m0/s1. The summed E-state index contributed by atoms with van der Waals surface area (Å²) in [6.45, 7) is 0.280. The SMILES string of the molecule is CN(Cc1noc(C2CCC2)n1)C(=O)[C@H](Cc1ccccc1)n1cnnn1. The fourth-order valence-electron chi connectivity index (χ4n) is 3.14. The van der Waals surface area contributed by atoms with Crippen LogP contribution in [0.15, 0.2) is 41.2 Å². The normalized spacial score (nSPS) is 15.3. The molecule has 1 aliphatic carbocycles. The van der Waals surface area contributed by atoms with Crippen molar-refractivity contribution in [2.75, 3.05) is 7.05 Å². The van der Waals surface area contributed by atoms with Gasteiger partial charge in [0.25, 0.3) is 0 Å². The van der Waals surface area contributed by atoms with E-state index in [0.717, 1.165) is 18.4 Å². The first-order valence-corrected chi connectivity index (χ1v) is 9.04. The third-order valence-corrected chi connectivity index (χ3v) is 4.93. The van der Waals surface area contributed by atoms with Gasteiger partial charge in [0.15, 0.2) is 5.82 Å². The second kappa shape index (κ2) is 7.65. The van der Waals surface area contributed by atoms with Crippen LogP contribution in [0.2, 0.25) is 0 Å². The lowest BCUT2D eigenvalue weighted by Gasteiger charge is -2.22. The van der Waals surface area contributed by atoms with E-state index in [1.807, 2.05) is 30.3 Å². The lowest BCUT2D eigenvalue weighted by Crippen LogP contribution is -2.36. The minimum Gasteiger partial charge on any atom is -0.339 e. The molecule has 1 atom stereocenters. The van der Waals surface area contributed by atoms with Crippen molar-refractivity contribution in [1.29, 1.82) is 0 Å². The molecule has 0 radical (unpaired) electrons. The van der Waals surface area contributed by atoms with Gasteiger partial charge in [-0.05, 0) is 28.8 Å². The molecule has 0 unspecified atom stereocenters. The summed E-state index contributed by atoms with van der Waals surface area (Å²) in [5.41, 5.74) is 1.03. The van der Waals surface area contributed by atoms with Crippen molar-refractivity contribution in [3.8, 4) is 0 Å². The molecule has 9 nitrogen and oxygen atoms in total. The largest absolute Gasteiger partial charge is 0.339 e. The maximum atomic E-state index is 13.1. The molecular weight excluding hydrogens is 346 g/mol. The molecule has 1 saturated carbocycles. The Labute approximate surface area is 156 Å². The van der Waals surface area contributed by atoms with E-state index in [1.54, 1.807) is 11.9 Å². The Morgan fingerprint density at radius 2 is 2.15 bits per heavy atom. The van der Waals surface area contributed by atoms with E-state index in [4.69, 9.17) is 4.52 Å². The van der Waals surface area contributed by atoms with Crippen molar-refractivity contribution in [2.45, 2.75) is 44.2 Å². The number of nitrogens with zero attached hydrogens (tertiary/aromatic N) is 7. The molecule has 140 valence electrons. The molecule has 0 spiro atoms. The molecule has 0 saturated heterocycles. The average Bonchev–Trinajstić information content (AvgIpc) is 3.31. The van der Waals surface area contributed by atoms with E-state index in [0.29, 0.717) is 24.1 Å². The summed E-state index contributed by atoms with van der Waals surface area (Å²) >= 11 is 0. The fourth-order valence-corrected chi connectivity index (χ4v) is 3.14. The van der Waals surface area contributed by atoms with E-state index < -0.39 is 6.04 Å². The number of hydrogen-bond acceptors (Lipinski definition) is 7. The molecule has 1 amide bonds. The van der Waals surface area contributed by atoms with Crippen LogP contribution in [0.1, 0.15) is 48.5 Å². The number of aromatic nitrogens is 6. The lowest BCUT2D eigenvalue weighted by atomic mass is 9.85. The number of rotatable bonds is 7. The van der Waals surface area contributed by atoms with Gasteiger partial charge in [-0.3, -0.25) is 4.79 Å². The molecule has 1 aromatic carbocycles. The number of tetrazole rings is 1. The highest BCUT2D eigenvalue weighted by Gasteiger charge is 2.28. The predicted octanol–water partition coefficient (Wildman–Crippen LogP) is 1.77. The van der Waals surface area contributed by atoms with Gasteiger partial charge in [-0.1, -0.05) is 41.9 Å². The van der Waals surface area contributed by atoms with Crippen molar-refractivity contribution in [1.82, 2.24) is 35.2 Å². The van der Waals surface area contributed by atoms with Crippen LogP contribution in [0, 0.1) is 0 Å². The minimum atomic E-state index is -0.537. The number of amides is 1. The molecule has 1 fully saturated rings. The molecule has 0 aliphatic heterocycles. The highest BCUT2D eigenvalue weighted by atomic mass is 16.5. The van der Waals surface area contributed by atoms with Gasteiger partial charge in [-0.2, -0.15) is 4.98 Å². The van der Waals surface area contributed by atoms with Crippen molar-refractivity contribution < 1.29 is 9.32 Å². The highest BCUT2D eigenvalue weighted by molar-refractivity contribution is 5.80. The maximum absolute atomic E-state index is 13.1. The van der Waals surface area contributed by atoms with Crippen LogP contribution < -0.4 is 0 Å². The third kappa shape index (κ3) is 3.86. The second-order valence-corrected chi connectivity index (χ2v) is 6.87. The Kier molecular flexibility index (Phi) is 4.91. The Morgan fingerprint density at radius 1 is 1.33 bits per heavy atom. The summed E-state index contributed by atoms with van der Waals surface area (Å²) in [6.07, 6.45) is 5.34. The maximum Gasteiger partial charge on any atom is 0.248 e. The van der Waals surface area contributed by atoms with Crippen LogP contribution in [0.4, 0.5) is 0 Å². The molecule has 3 aromatic rings. The van der Waals surface area contributed by atoms with Crippen LogP contribution in [-0.4, -0.2) is 48.2 Å². The fraction of sp³-hybridized carbons (Fsp3) is 0.444. The molecular formula is C18H21N7O2. The second-order valence-electron chi connectivity index (χ2n) is 6.87. The van der Waals surface area contributed by atoms with Crippen molar-refractivity contribution in [3.05, 3.63) is 53.9 Å². The van der Waals surface area contributed by atoms with Gasteiger partial charge < -0.3 is 9.42 Å². The van der Waals surface area contributed by atoms with Crippen LogP contribution in [0.3, 0.4) is 0 Å². The quantitative estimate of drug-likeness (QED) is 0.627. The molecule has 0 N–H and O–H groups in total. The van der Waals surface area contributed by atoms with Crippen LogP contribution >= 0.6 is 0 Å². The zero-order valence-corrected chi connectivity index (χ0v) is 15.1. The van der Waals surface area contributed by atoms with Gasteiger partial charge in [0.1, 0.15) is 12.4 Å². The van der Waals surface area contributed by atoms with E-state index in [1.165, 1.54) is 17.4 Å². The zero-order valence-electron chi connectivity index (χ0n) is 15.1. The number of benzene rings is 1. The Morgan fingerprint density at radius 3 is 2.81 bits per heavy atom. The van der Waals surface area contributed by atoms with Crippen molar-refractivity contribution in [2.24, 2.45) is 0 Å². The van der Waals surface area contributed by atoms with E-state index in [9.17, 15) is 4.79 Å². The highest BCUT2D eigenvalue weighted by Crippen LogP contribution is 2.35. The summed E-state index contributed by atoms with van der Waals surface area (Å²) in [4.78, 5) is 19.1. The number of likely N-dealkylation sites (N-methyl/N-ethyl adjacent to an activating group) is 1. The van der Waals surface area contributed by atoms with Crippen LogP contribution in [0.5, 0.6) is 0 Å². The van der Waals surface area contributed by atoms with Crippen molar-refractivity contribution >= 4 is 5.91 Å². The summed E-state index contributed by atoms with van der Waals surface area (Å²) < 4.78 is 6.83.